The molecule has 2 aromatic heterocycles. The lowest BCUT2D eigenvalue weighted by molar-refractivity contribution is -0.0815. The average molecular weight is 556 g/mol. The van der Waals surface area contributed by atoms with Crippen LogP contribution in [0.1, 0.15) is 6.23 Å². The normalized spacial score (nSPS) is 35.2. The van der Waals surface area contributed by atoms with E-state index in [1.807, 2.05) is 0 Å². The Morgan fingerprint density at radius 3 is 2.42 bits per heavy atom. The maximum absolute atomic E-state index is 15.3. The van der Waals surface area contributed by atoms with Crippen LogP contribution in [0.5, 0.6) is 0 Å². The number of nitrogens with zero attached hydrogens (tertiary/aromatic N) is 4. The number of hydrogen-bond acceptors (Lipinski definition) is 12. The fourth-order valence-electron chi connectivity index (χ4n) is 3.57. The van der Waals surface area contributed by atoms with Gasteiger partial charge in [0.05, 0.1) is 12.2 Å². The van der Waals surface area contributed by atoms with Crippen molar-refractivity contribution >= 4 is 52.1 Å². The number of alkyl halides is 2. The van der Waals surface area contributed by atoms with Gasteiger partial charge in [-0.25, -0.2) is 33.0 Å². The molecular formula is C11H14ClFN5O12P3. The molecule has 1 saturated heterocycles. The van der Waals surface area contributed by atoms with E-state index < -0.39 is 59.1 Å². The first kappa shape index (κ1) is 25.0. The van der Waals surface area contributed by atoms with Crippen LogP contribution in [0.15, 0.2) is 12.7 Å². The number of nitrogen functional groups attached to an aromatic ring is 1. The summed E-state index contributed by atoms with van der Waals surface area (Å²) in [6.07, 6.45) is -3.81. The van der Waals surface area contributed by atoms with E-state index in [1.165, 1.54) is 0 Å². The third-order valence-electron chi connectivity index (χ3n) is 4.93. The van der Waals surface area contributed by atoms with Gasteiger partial charge in [-0.1, -0.05) is 0 Å². The molecule has 22 heteroatoms. The van der Waals surface area contributed by atoms with Gasteiger partial charge >= 0.3 is 23.5 Å². The Morgan fingerprint density at radius 2 is 1.85 bits per heavy atom. The second-order valence-corrected chi connectivity index (χ2v) is 11.6. The van der Waals surface area contributed by atoms with Gasteiger partial charge in [0.1, 0.15) is 23.5 Å². The van der Waals surface area contributed by atoms with Gasteiger partial charge in [-0.3, -0.25) is 9.09 Å². The molecule has 1 aliphatic carbocycles. The molecule has 2 aromatic rings. The fraction of sp³-hybridized carbons (Fsp3) is 0.545. The van der Waals surface area contributed by atoms with Gasteiger partial charge in [0, 0.05) is 0 Å². The fourth-order valence-corrected chi connectivity index (χ4v) is 7.24. The van der Waals surface area contributed by atoms with Crippen molar-refractivity contribution in [1.29, 1.82) is 0 Å². The third kappa shape index (κ3) is 4.04. The molecule has 2 fully saturated rings. The van der Waals surface area contributed by atoms with Crippen molar-refractivity contribution in [3.8, 4) is 0 Å². The summed E-state index contributed by atoms with van der Waals surface area (Å²) in [5.74, 6) is -0.710. The Labute approximate surface area is 186 Å². The van der Waals surface area contributed by atoms with Crippen molar-refractivity contribution in [3.05, 3.63) is 12.7 Å². The zero-order valence-corrected chi connectivity index (χ0v) is 19.1. The second kappa shape index (κ2) is 7.70. The zero-order valence-electron chi connectivity index (χ0n) is 15.7. The van der Waals surface area contributed by atoms with Crippen LogP contribution in [0, 0.1) is 0 Å². The standard InChI is InChI=1S/C11H14ClFN5O12P3/c12-1-10-9(28-32(23,24)30-33(25,26)29-31(20,21)22)11(10,19)5(13)8(27-10)18-3-17-4-6(14)15-2-16-7(4)18/h2-3,5,8-9,19H,1H2,(H,23,24)(H,25,26)(H2,14,15,16)(H2,20,21,22)/t5-,8+,9?,10+,11+/m0/s1. The van der Waals surface area contributed by atoms with Crippen LogP contribution in [0.4, 0.5) is 10.2 Å². The van der Waals surface area contributed by atoms with Gasteiger partial charge in [0.25, 0.3) is 0 Å². The van der Waals surface area contributed by atoms with E-state index in [2.05, 4.69) is 28.1 Å². The number of ether oxygens (including phenoxy) is 1. The van der Waals surface area contributed by atoms with Gasteiger partial charge in [-0.15, -0.1) is 11.6 Å². The SMILES string of the molecule is Nc1ncnc2c1ncn2[C@@H]1O[C@]2(CCl)C(OP(=O)(O)OP(=O)(O)OP(=O)(O)O)[C@]2(O)[C@H]1F. The summed E-state index contributed by atoms with van der Waals surface area (Å²) >= 11 is 5.81. The van der Waals surface area contributed by atoms with Crippen molar-refractivity contribution in [1.82, 2.24) is 19.5 Å². The lowest BCUT2D eigenvalue weighted by Crippen LogP contribution is -2.34. The van der Waals surface area contributed by atoms with Crippen LogP contribution in [-0.2, 0) is 31.6 Å². The number of nitrogens with two attached hydrogens (primary N) is 1. The van der Waals surface area contributed by atoms with E-state index in [-0.39, 0.29) is 17.0 Å². The van der Waals surface area contributed by atoms with E-state index in [1.54, 1.807) is 0 Å². The Kier molecular flexibility index (Phi) is 5.83. The van der Waals surface area contributed by atoms with E-state index in [0.717, 1.165) is 17.2 Å². The molecule has 2 aliphatic rings. The summed E-state index contributed by atoms with van der Waals surface area (Å²) in [6.45, 7) is 0. The minimum Gasteiger partial charge on any atom is -0.382 e. The molecule has 0 spiro atoms. The van der Waals surface area contributed by atoms with Crippen molar-refractivity contribution in [2.24, 2.45) is 0 Å². The second-order valence-electron chi connectivity index (χ2n) is 6.92. The van der Waals surface area contributed by atoms with Crippen molar-refractivity contribution in [2.45, 2.75) is 29.7 Å². The van der Waals surface area contributed by atoms with E-state index in [0.29, 0.717) is 0 Å². The van der Waals surface area contributed by atoms with E-state index in [4.69, 9.17) is 31.9 Å². The number of aromatic nitrogens is 4. The maximum atomic E-state index is 15.3. The third-order valence-corrected chi connectivity index (χ3v) is 9.14. The van der Waals surface area contributed by atoms with Crippen molar-refractivity contribution in [3.63, 3.8) is 0 Å². The molecule has 1 aliphatic heterocycles. The smallest absolute Gasteiger partial charge is 0.382 e. The van der Waals surface area contributed by atoms with Crippen LogP contribution in [0.2, 0.25) is 0 Å². The molecule has 0 amide bonds. The molecule has 0 radical (unpaired) electrons. The highest BCUT2D eigenvalue weighted by molar-refractivity contribution is 7.66. The Morgan fingerprint density at radius 1 is 1.18 bits per heavy atom. The molecule has 3 unspecified atom stereocenters. The minimum absolute atomic E-state index is 0.0198. The van der Waals surface area contributed by atoms with Crippen LogP contribution in [0.3, 0.4) is 0 Å². The lowest BCUT2D eigenvalue weighted by atomic mass is 10.1. The number of anilines is 1. The largest absolute Gasteiger partial charge is 0.490 e. The Bertz CT molecular complexity index is 1260. The zero-order chi connectivity index (χ0) is 24.6. The number of rotatable bonds is 8. The lowest BCUT2D eigenvalue weighted by Gasteiger charge is -2.24. The highest BCUT2D eigenvalue weighted by Crippen LogP contribution is 2.72. The summed E-state index contributed by atoms with van der Waals surface area (Å²) in [7, 11) is -17.2. The molecule has 7 atom stereocenters. The minimum atomic E-state index is -5.83. The molecule has 3 heterocycles. The quantitative estimate of drug-likeness (QED) is 0.180. The monoisotopic (exact) mass is 555 g/mol. The van der Waals surface area contributed by atoms with Crippen LogP contribution in [0.25, 0.3) is 11.2 Å². The summed E-state index contributed by atoms with van der Waals surface area (Å²) in [5, 5.41) is 10.8. The van der Waals surface area contributed by atoms with Crippen LogP contribution in [-0.4, -0.2) is 73.6 Å². The van der Waals surface area contributed by atoms with Crippen LogP contribution < -0.4 is 5.73 Å². The van der Waals surface area contributed by atoms with Gasteiger partial charge in [-0.2, -0.15) is 8.62 Å². The molecule has 17 nitrogen and oxygen atoms in total. The van der Waals surface area contributed by atoms with Gasteiger partial charge < -0.3 is 35.2 Å². The molecule has 0 aromatic carbocycles. The number of hydrogen-bond donors (Lipinski definition) is 6. The number of phosphoric acid groups is 3. The number of phosphoric ester groups is 1. The summed E-state index contributed by atoms with van der Waals surface area (Å²) in [4.78, 5) is 47.6. The predicted octanol–water partition coefficient (Wildman–Crippen LogP) is -0.290. The molecule has 184 valence electrons. The first-order valence-electron chi connectivity index (χ1n) is 8.42. The maximum Gasteiger partial charge on any atom is 0.490 e. The average Bonchev–Trinajstić information content (AvgIpc) is 2.94. The topological polar surface area (TPSA) is 259 Å². The highest BCUT2D eigenvalue weighted by Gasteiger charge is 2.90. The first-order chi connectivity index (χ1) is 15.1. The first-order valence-corrected chi connectivity index (χ1v) is 13.5. The van der Waals surface area contributed by atoms with E-state index in [9.17, 15) is 28.6 Å². The van der Waals surface area contributed by atoms with Crippen LogP contribution >= 0.6 is 35.1 Å². The Balaban J connectivity index is 1.57. The number of halogens is 2. The van der Waals surface area contributed by atoms with Crippen molar-refractivity contribution in [2.75, 3.05) is 11.6 Å². The number of fused-ring (bicyclic) bond motifs is 2. The van der Waals surface area contributed by atoms with E-state index >= 15 is 4.39 Å². The summed E-state index contributed by atoms with van der Waals surface area (Å²) in [5.41, 5.74) is 1.02. The molecule has 33 heavy (non-hydrogen) atoms. The van der Waals surface area contributed by atoms with Gasteiger partial charge in [-0.05, 0) is 0 Å². The molecule has 4 rings (SSSR count). The molecular weight excluding hydrogens is 542 g/mol. The highest BCUT2D eigenvalue weighted by atomic mass is 35.5. The number of aliphatic hydroxyl groups is 1. The molecule has 0 bridgehead atoms. The predicted molar refractivity (Wildman–Crippen MR) is 102 cm³/mol. The summed E-state index contributed by atoms with van der Waals surface area (Å²) < 4.78 is 67.9. The van der Waals surface area contributed by atoms with Gasteiger partial charge in [0.15, 0.2) is 29.5 Å². The number of imidazole rings is 1. The molecule has 7 N–H and O–H groups in total. The Hall–Kier alpha value is -1.10. The molecule has 1 saturated carbocycles. The summed E-state index contributed by atoms with van der Waals surface area (Å²) in [6, 6.07) is 0. The van der Waals surface area contributed by atoms with Gasteiger partial charge in [0.2, 0.25) is 0 Å². The van der Waals surface area contributed by atoms with Crippen molar-refractivity contribution < 1.29 is 60.6 Å².